The van der Waals surface area contributed by atoms with Crippen LogP contribution < -0.4 is 10.6 Å². The fraction of sp³-hybridized carbons (Fsp3) is 0.800. The molecule has 0 radical (unpaired) electrons. The van der Waals surface area contributed by atoms with Gasteiger partial charge in [0.25, 0.3) is 0 Å². The molecular weight excluding hydrogens is 391 g/mol. The summed E-state index contributed by atoms with van der Waals surface area (Å²) in [4.78, 5) is 4.31. The van der Waals surface area contributed by atoms with Crippen molar-refractivity contribution in [2.24, 2.45) is 10.4 Å². The molecule has 1 aliphatic carbocycles. The van der Waals surface area contributed by atoms with Crippen LogP contribution in [0.2, 0.25) is 0 Å². The van der Waals surface area contributed by atoms with Gasteiger partial charge in [0.2, 0.25) is 0 Å². The van der Waals surface area contributed by atoms with Crippen LogP contribution in [0.5, 0.6) is 0 Å². The Balaban J connectivity index is 0.00000242. The number of halogens is 1. The second kappa shape index (κ2) is 9.32. The summed E-state index contributed by atoms with van der Waals surface area (Å²) in [6.07, 6.45) is 8.39. The van der Waals surface area contributed by atoms with Gasteiger partial charge >= 0.3 is 0 Å². The zero-order chi connectivity index (χ0) is 15.1. The molecule has 126 valence electrons. The first-order chi connectivity index (χ1) is 10.2. The number of aliphatic imine (C=N–C) groups is 1. The first kappa shape index (κ1) is 19.2. The van der Waals surface area contributed by atoms with E-state index >= 15 is 0 Å². The molecule has 7 heteroatoms. The van der Waals surface area contributed by atoms with Crippen LogP contribution in [0.25, 0.3) is 0 Å². The number of nitrogens with one attached hydrogen (secondary N) is 2. The zero-order valence-corrected chi connectivity index (χ0v) is 16.3. The van der Waals surface area contributed by atoms with Gasteiger partial charge in [0.05, 0.1) is 6.54 Å². The lowest BCUT2D eigenvalue weighted by Gasteiger charge is -2.28. The van der Waals surface area contributed by atoms with Crippen molar-refractivity contribution < 1.29 is 0 Å². The quantitative estimate of drug-likeness (QED) is 0.422. The Labute approximate surface area is 150 Å². The number of nitrogens with zero attached hydrogens (tertiary/aromatic N) is 4. The molecule has 2 rings (SSSR count). The van der Waals surface area contributed by atoms with E-state index in [0.29, 0.717) is 12.0 Å². The molecule has 0 saturated heterocycles. The van der Waals surface area contributed by atoms with Crippen molar-refractivity contribution in [1.29, 1.82) is 0 Å². The van der Waals surface area contributed by atoms with Crippen LogP contribution >= 0.6 is 24.0 Å². The summed E-state index contributed by atoms with van der Waals surface area (Å²) in [6.45, 7) is 6.92. The minimum absolute atomic E-state index is 0. The van der Waals surface area contributed by atoms with Crippen molar-refractivity contribution in [3.63, 3.8) is 0 Å². The highest BCUT2D eigenvalue weighted by Crippen LogP contribution is 2.40. The Hall–Kier alpha value is -0.860. The Morgan fingerprint density at radius 1 is 1.32 bits per heavy atom. The minimum Gasteiger partial charge on any atom is -0.356 e. The first-order valence-electron chi connectivity index (χ1n) is 8.04. The maximum absolute atomic E-state index is 4.31. The van der Waals surface area contributed by atoms with Crippen molar-refractivity contribution >= 4 is 29.9 Å². The normalized spacial score (nSPS) is 17.1. The number of hydrogen-bond donors (Lipinski definition) is 2. The number of aromatic nitrogens is 3. The van der Waals surface area contributed by atoms with E-state index in [9.17, 15) is 0 Å². The van der Waals surface area contributed by atoms with Crippen molar-refractivity contribution in [3.05, 3.63) is 12.2 Å². The summed E-state index contributed by atoms with van der Waals surface area (Å²) in [5.41, 5.74) is 0.459. The average Bonchev–Trinajstić information content (AvgIpc) is 3.16. The van der Waals surface area contributed by atoms with Gasteiger partial charge in [0.1, 0.15) is 6.33 Å². The Morgan fingerprint density at radius 3 is 2.64 bits per heavy atom. The van der Waals surface area contributed by atoms with Crippen LogP contribution in [0.15, 0.2) is 11.3 Å². The standard InChI is InChI=1S/C15H28N6.HI/c1-4-15(8-6-7-9-15)11-18-14(16-3)17-10-13-20-19-12-21(13)5-2;/h12H,4-11H2,1-3H3,(H2,16,17,18);1H. The molecule has 1 aromatic heterocycles. The van der Waals surface area contributed by atoms with Crippen LogP contribution in [0.4, 0.5) is 0 Å². The van der Waals surface area contributed by atoms with Crippen LogP contribution in [-0.2, 0) is 13.1 Å². The molecule has 0 unspecified atom stereocenters. The molecule has 0 amide bonds. The highest BCUT2D eigenvalue weighted by atomic mass is 127. The van der Waals surface area contributed by atoms with Gasteiger partial charge in [-0.15, -0.1) is 34.2 Å². The van der Waals surface area contributed by atoms with Gasteiger partial charge in [0.15, 0.2) is 11.8 Å². The highest BCUT2D eigenvalue weighted by Gasteiger charge is 2.31. The van der Waals surface area contributed by atoms with E-state index in [1.807, 2.05) is 11.6 Å². The Kier molecular flexibility index (Phi) is 8.13. The molecule has 1 fully saturated rings. The molecule has 0 aliphatic heterocycles. The molecule has 1 heterocycles. The van der Waals surface area contributed by atoms with Crippen LogP contribution in [0.1, 0.15) is 51.8 Å². The lowest BCUT2D eigenvalue weighted by atomic mass is 9.83. The fourth-order valence-electron chi connectivity index (χ4n) is 3.11. The zero-order valence-electron chi connectivity index (χ0n) is 13.9. The van der Waals surface area contributed by atoms with E-state index in [-0.39, 0.29) is 24.0 Å². The van der Waals surface area contributed by atoms with Crippen molar-refractivity contribution in [3.8, 4) is 0 Å². The second-order valence-corrected chi connectivity index (χ2v) is 5.87. The number of rotatable bonds is 6. The van der Waals surface area contributed by atoms with Crippen molar-refractivity contribution in [2.75, 3.05) is 13.6 Å². The predicted octanol–water partition coefficient (Wildman–Crippen LogP) is 2.55. The monoisotopic (exact) mass is 420 g/mol. The smallest absolute Gasteiger partial charge is 0.191 e. The summed E-state index contributed by atoms with van der Waals surface area (Å²) in [7, 11) is 1.81. The van der Waals surface area contributed by atoms with Crippen LogP contribution in [-0.4, -0.2) is 34.3 Å². The largest absolute Gasteiger partial charge is 0.356 e. The van der Waals surface area contributed by atoms with Gasteiger partial charge in [-0.25, -0.2) is 0 Å². The van der Waals surface area contributed by atoms with Crippen LogP contribution in [0, 0.1) is 5.41 Å². The topological polar surface area (TPSA) is 67.1 Å². The van der Waals surface area contributed by atoms with E-state index in [0.717, 1.165) is 24.9 Å². The molecule has 6 nitrogen and oxygen atoms in total. The van der Waals surface area contributed by atoms with E-state index in [1.165, 1.54) is 32.1 Å². The molecule has 1 aromatic rings. The predicted molar refractivity (Wildman–Crippen MR) is 101 cm³/mol. The molecule has 1 aliphatic rings. The number of hydrogen-bond acceptors (Lipinski definition) is 3. The van der Waals surface area contributed by atoms with Gasteiger partial charge in [-0.2, -0.15) is 0 Å². The van der Waals surface area contributed by atoms with Gasteiger partial charge in [-0.05, 0) is 31.6 Å². The van der Waals surface area contributed by atoms with E-state index < -0.39 is 0 Å². The first-order valence-corrected chi connectivity index (χ1v) is 8.04. The molecule has 0 aromatic carbocycles. The summed E-state index contributed by atoms with van der Waals surface area (Å²) in [5, 5.41) is 14.9. The summed E-state index contributed by atoms with van der Waals surface area (Å²) in [5.74, 6) is 1.78. The van der Waals surface area contributed by atoms with Crippen molar-refractivity contribution in [1.82, 2.24) is 25.4 Å². The number of aryl methyl sites for hydroxylation is 1. The summed E-state index contributed by atoms with van der Waals surface area (Å²) < 4.78 is 2.03. The maximum atomic E-state index is 4.31. The molecule has 1 saturated carbocycles. The molecule has 22 heavy (non-hydrogen) atoms. The van der Waals surface area contributed by atoms with Gasteiger partial charge in [-0.1, -0.05) is 19.8 Å². The third-order valence-electron chi connectivity index (χ3n) is 4.72. The SMILES string of the molecule is CCn1cnnc1CNC(=NC)NCC1(CC)CCCC1.I. The molecule has 2 N–H and O–H groups in total. The van der Waals surface area contributed by atoms with E-state index in [1.54, 1.807) is 6.33 Å². The minimum atomic E-state index is 0. The van der Waals surface area contributed by atoms with E-state index in [2.05, 4.69) is 39.7 Å². The fourth-order valence-corrected chi connectivity index (χ4v) is 3.11. The Morgan fingerprint density at radius 2 is 2.05 bits per heavy atom. The molecular formula is C15H29IN6. The van der Waals surface area contributed by atoms with Crippen molar-refractivity contribution in [2.45, 2.75) is 59.0 Å². The second-order valence-electron chi connectivity index (χ2n) is 5.87. The van der Waals surface area contributed by atoms with Gasteiger partial charge in [0, 0.05) is 20.1 Å². The van der Waals surface area contributed by atoms with Gasteiger partial charge < -0.3 is 15.2 Å². The Bertz CT molecular complexity index is 464. The third-order valence-corrected chi connectivity index (χ3v) is 4.72. The lowest BCUT2D eigenvalue weighted by Crippen LogP contribution is -2.42. The maximum Gasteiger partial charge on any atom is 0.191 e. The average molecular weight is 420 g/mol. The molecule has 0 bridgehead atoms. The highest BCUT2D eigenvalue weighted by molar-refractivity contribution is 14.0. The summed E-state index contributed by atoms with van der Waals surface area (Å²) >= 11 is 0. The molecule has 0 atom stereocenters. The molecule has 0 spiro atoms. The van der Waals surface area contributed by atoms with Gasteiger partial charge in [-0.3, -0.25) is 4.99 Å². The summed E-state index contributed by atoms with van der Waals surface area (Å²) in [6, 6.07) is 0. The van der Waals surface area contributed by atoms with Crippen LogP contribution in [0.3, 0.4) is 0 Å². The number of guanidine groups is 1. The third kappa shape index (κ3) is 4.82. The lowest BCUT2D eigenvalue weighted by molar-refractivity contribution is 0.283. The van der Waals surface area contributed by atoms with E-state index in [4.69, 9.17) is 0 Å².